The molecule has 1 saturated carbocycles. The minimum atomic E-state index is -0.108. The Morgan fingerprint density at radius 2 is 2.09 bits per heavy atom. The fourth-order valence-corrected chi connectivity index (χ4v) is 2.73. The Balaban J connectivity index is 2.20. The van der Waals surface area contributed by atoms with Crippen molar-refractivity contribution in [3.63, 3.8) is 0 Å². The van der Waals surface area contributed by atoms with E-state index in [1.54, 1.807) is 4.68 Å². The molecule has 23 heavy (non-hydrogen) atoms. The summed E-state index contributed by atoms with van der Waals surface area (Å²) in [7, 11) is 0. The van der Waals surface area contributed by atoms with E-state index in [-0.39, 0.29) is 12.2 Å². The molecule has 0 radical (unpaired) electrons. The zero-order chi connectivity index (χ0) is 16.4. The topological polar surface area (TPSA) is 44.1 Å². The van der Waals surface area contributed by atoms with Crippen LogP contribution in [0.15, 0.2) is 29.1 Å². The van der Waals surface area contributed by atoms with Gasteiger partial charge in [-0.25, -0.2) is 4.68 Å². The van der Waals surface area contributed by atoms with E-state index in [9.17, 15) is 4.79 Å². The number of benzene rings is 1. The number of aryl methyl sites for hydroxylation is 2. The van der Waals surface area contributed by atoms with Gasteiger partial charge in [-0.15, -0.1) is 6.42 Å². The second-order valence-corrected chi connectivity index (χ2v) is 6.03. The molecule has 118 valence electrons. The second kappa shape index (κ2) is 6.29. The summed E-state index contributed by atoms with van der Waals surface area (Å²) in [5.41, 5.74) is 3.05. The Bertz CT molecular complexity index is 826. The summed E-state index contributed by atoms with van der Waals surface area (Å²) in [5.74, 6) is 3.52. The van der Waals surface area contributed by atoms with Gasteiger partial charge in [0.25, 0.3) is 5.56 Å². The standard InChI is InChI=1S/C19H20N2O2/c1-4-11-23-18-14(3)20-21(12-15-9-10-15)19(22)17(18)16-8-6-5-7-13(16)2/h1,5-8,15H,9-12H2,2-3H3. The molecular weight excluding hydrogens is 288 g/mol. The highest BCUT2D eigenvalue weighted by atomic mass is 16.5. The van der Waals surface area contributed by atoms with E-state index >= 15 is 0 Å². The van der Waals surface area contributed by atoms with Crippen LogP contribution in [0.4, 0.5) is 0 Å². The fraction of sp³-hybridized carbons (Fsp3) is 0.368. The number of terminal acetylenes is 1. The van der Waals surface area contributed by atoms with Crippen LogP contribution in [0.5, 0.6) is 5.75 Å². The molecule has 0 unspecified atom stereocenters. The number of ether oxygens (including phenoxy) is 1. The normalized spacial score (nSPS) is 13.6. The van der Waals surface area contributed by atoms with Gasteiger partial charge in [-0.05, 0) is 43.7 Å². The molecule has 3 rings (SSSR count). The van der Waals surface area contributed by atoms with Gasteiger partial charge >= 0.3 is 0 Å². The molecule has 1 aliphatic rings. The minimum Gasteiger partial charge on any atom is -0.478 e. The molecule has 1 aromatic heterocycles. The third-order valence-corrected chi connectivity index (χ3v) is 4.12. The molecule has 2 aromatic rings. The van der Waals surface area contributed by atoms with Crippen LogP contribution in [0.1, 0.15) is 24.1 Å². The molecule has 0 spiro atoms. The molecule has 4 nitrogen and oxygen atoms in total. The molecule has 0 saturated heterocycles. The molecule has 0 amide bonds. The fourth-order valence-electron chi connectivity index (χ4n) is 2.73. The van der Waals surface area contributed by atoms with E-state index in [0.717, 1.165) is 11.1 Å². The number of hydrogen-bond acceptors (Lipinski definition) is 3. The third kappa shape index (κ3) is 3.14. The molecule has 0 bridgehead atoms. The first-order chi connectivity index (χ1) is 11.1. The van der Waals surface area contributed by atoms with Crippen LogP contribution in [-0.4, -0.2) is 16.4 Å². The largest absolute Gasteiger partial charge is 0.478 e. The molecule has 1 aliphatic carbocycles. The first kappa shape index (κ1) is 15.4. The Morgan fingerprint density at radius 1 is 1.35 bits per heavy atom. The summed E-state index contributed by atoms with van der Waals surface area (Å²) in [4.78, 5) is 13.0. The lowest BCUT2D eigenvalue weighted by Crippen LogP contribution is -2.27. The first-order valence-electron chi connectivity index (χ1n) is 7.85. The van der Waals surface area contributed by atoms with Gasteiger partial charge in [0.1, 0.15) is 12.3 Å². The molecule has 0 atom stereocenters. The van der Waals surface area contributed by atoms with Gasteiger partial charge in [0.05, 0.1) is 5.56 Å². The van der Waals surface area contributed by atoms with E-state index in [4.69, 9.17) is 11.2 Å². The maximum absolute atomic E-state index is 13.0. The van der Waals surface area contributed by atoms with Crippen molar-refractivity contribution in [1.82, 2.24) is 9.78 Å². The van der Waals surface area contributed by atoms with Gasteiger partial charge in [0.15, 0.2) is 5.75 Å². The lowest BCUT2D eigenvalue weighted by molar-refractivity contribution is 0.361. The van der Waals surface area contributed by atoms with Crippen LogP contribution in [0.2, 0.25) is 0 Å². The number of aromatic nitrogens is 2. The zero-order valence-electron chi connectivity index (χ0n) is 13.5. The molecule has 0 aliphatic heterocycles. The Labute approximate surface area is 136 Å². The third-order valence-electron chi connectivity index (χ3n) is 4.12. The Kier molecular flexibility index (Phi) is 4.20. The van der Waals surface area contributed by atoms with Gasteiger partial charge in [0.2, 0.25) is 0 Å². The van der Waals surface area contributed by atoms with E-state index in [1.165, 1.54) is 12.8 Å². The summed E-state index contributed by atoms with van der Waals surface area (Å²) in [6.07, 6.45) is 7.65. The van der Waals surface area contributed by atoms with E-state index in [1.807, 2.05) is 38.1 Å². The summed E-state index contributed by atoms with van der Waals surface area (Å²) in [5, 5.41) is 4.43. The molecule has 0 N–H and O–H groups in total. The van der Waals surface area contributed by atoms with E-state index < -0.39 is 0 Å². The molecule has 1 heterocycles. The van der Waals surface area contributed by atoms with Gasteiger partial charge in [-0.3, -0.25) is 4.79 Å². The number of hydrogen-bond donors (Lipinski definition) is 0. The quantitative estimate of drug-likeness (QED) is 0.798. The summed E-state index contributed by atoms with van der Waals surface area (Å²) >= 11 is 0. The predicted molar refractivity (Wildman–Crippen MR) is 90.5 cm³/mol. The van der Waals surface area contributed by atoms with Crippen molar-refractivity contribution in [2.24, 2.45) is 5.92 Å². The predicted octanol–water partition coefficient (Wildman–Crippen LogP) is 2.95. The monoisotopic (exact) mass is 308 g/mol. The van der Waals surface area contributed by atoms with Crippen molar-refractivity contribution in [1.29, 1.82) is 0 Å². The SMILES string of the molecule is C#CCOc1c(C)nn(CC2CC2)c(=O)c1-c1ccccc1C. The van der Waals surface area contributed by atoms with Crippen LogP contribution >= 0.6 is 0 Å². The lowest BCUT2D eigenvalue weighted by atomic mass is 10.0. The van der Waals surface area contributed by atoms with Crippen molar-refractivity contribution in [3.05, 3.63) is 45.9 Å². The molecule has 4 heteroatoms. The maximum Gasteiger partial charge on any atom is 0.278 e. The lowest BCUT2D eigenvalue weighted by Gasteiger charge is -2.16. The summed E-state index contributed by atoms with van der Waals surface area (Å²) in [6.45, 7) is 4.64. The van der Waals surface area contributed by atoms with Crippen molar-refractivity contribution in [2.45, 2.75) is 33.2 Å². The van der Waals surface area contributed by atoms with Crippen LogP contribution in [0.3, 0.4) is 0 Å². The smallest absolute Gasteiger partial charge is 0.278 e. The maximum atomic E-state index is 13.0. The Hall–Kier alpha value is -2.54. The van der Waals surface area contributed by atoms with Crippen molar-refractivity contribution >= 4 is 0 Å². The number of rotatable bonds is 5. The first-order valence-corrected chi connectivity index (χ1v) is 7.85. The van der Waals surface area contributed by atoms with Gasteiger partial charge in [-0.2, -0.15) is 5.10 Å². The van der Waals surface area contributed by atoms with Gasteiger partial charge in [0, 0.05) is 6.54 Å². The highest BCUT2D eigenvalue weighted by molar-refractivity contribution is 5.73. The number of nitrogens with zero attached hydrogens (tertiary/aromatic N) is 2. The summed E-state index contributed by atoms with van der Waals surface area (Å²) in [6, 6.07) is 7.81. The second-order valence-electron chi connectivity index (χ2n) is 6.03. The average molecular weight is 308 g/mol. The van der Waals surface area contributed by atoms with Gasteiger partial charge < -0.3 is 4.74 Å². The van der Waals surface area contributed by atoms with E-state index in [0.29, 0.717) is 29.5 Å². The van der Waals surface area contributed by atoms with Crippen LogP contribution in [-0.2, 0) is 6.54 Å². The summed E-state index contributed by atoms with van der Waals surface area (Å²) < 4.78 is 7.25. The molecule has 1 aromatic carbocycles. The van der Waals surface area contributed by atoms with Crippen LogP contribution < -0.4 is 10.3 Å². The minimum absolute atomic E-state index is 0.108. The Morgan fingerprint density at radius 3 is 2.74 bits per heavy atom. The highest BCUT2D eigenvalue weighted by Crippen LogP contribution is 2.33. The van der Waals surface area contributed by atoms with Crippen LogP contribution in [0, 0.1) is 32.1 Å². The zero-order valence-corrected chi connectivity index (χ0v) is 13.5. The van der Waals surface area contributed by atoms with Crippen LogP contribution in [0.25, 0.3) is 11.1 Å². The van der Waals surface area contributed by atoms with Gasteiger partial charge in [-0.1, -0.05) is 30.2 Å². The average Bonchev–Trinajstić information content (AvgIpc) is 3.34. The van der Waals surface area contributed by atoms with Crippen molar-refractivity contribution in [2.75, 3.05) is 6.61 Å². The highest BCUT2D eigenvalue weighted by Gasteiger charge is 2.25. The van der Waals surface area contributed by atoms with Crippen molar-refractivity contribution in [3.8, 4) is 29.2 Å². The molecular formula is C19H20N2O2. The van der Waals surface area contributed by atoms with E-state index in [2.05, 4.69) is 11.0 Å². The van der Waals surface area contributed by atoms with Crippen molar-refractivity contribution < 1.29 is 4.74 Å². The molecule has 1 fully saturated rings.